The van der Waals surface area contributed by atoms with Gasteiger partial charge in [0.15, 0.2) is 17.7 Å². The van der Waals surface area contributed by atoms with Crippen LogP contribution < -0.4 is 14.2 Å². The van der Waals surface area contributed by atoms with E-state index in [9.17, 15) is 18.4 Å². The predicted octanol–water partition coefficient (Wildman–Crippen LogP) is 10.4. The average Bonchev–Trinajstić information content (AvgIpc) is 3.07. The number of rotatable bonds is 22. The molecule has 0 saturated heterocycles. The van der Waals surface area contributed by atoms with Crippen molar-refractivity contribution in [2.24, 2.45) is 5.92 Å². The first-order valence-corrected chi connectivity index (χ1v) is 17.6. The molecule has 1 aliphatic rings. The van der Waals surface area contributed by atoms with Crippen LogP contribution in [0, 0.1) is 11.7 Å². The van der Waals surface area contributed by atoms with Gasteiger partial charge in [0, 0.05) is 0 Å². The molecule has 0 bridgehead atoms. The third kappa shape index (κ3) is 14.1. The number of esters is 2. The summed E-state index contributed by atoms with van der Waals surface area (Å²) in [4.78, 5) is 24.6. The van der Waals surface area contributed by atoms with Crippen molar-refractivity contribution in [1.82, 2.24) is 0 Å². The Balaban J connectivity index is 1.30. The Bertz CT molecular complexity index is 1150. The second-order valence-corrected chi connectivity index (χ2v) is 12.5. The molecular weight excluding hydrogens is 590 g/mol. The van der Waals surface area contributed by atoms with Crippen LogP contribution in [-0.4, -0.2) is 37.4 Å². The van der Waals surface area contributed by atoms with E-state index < -0.39 is 23.9 Å². The number of alkyl halides is 1. The van der Waals surface area contributed by atoms with E-state index in [1.165, 1.54) is 63.5 Å². The average molecular weight is 645 g/mol. The normalized spacial score (nSPS) is 16.9. The van der Waals surface area contributed by atoms with Crippen molar-refractivity contribution in [3.63, 3.8) is 0 Å². The maximum atomic E-state index is 14.6. The van der Waals surface area contributed by atoms with Crippen molar-refractivity contribution >= 4 is 11.9 Å². The monoisotopic (exact) mass is 644 g/mol. The minimum absolute atomic E-state index is 0.105. The fraction of sp³-hybridized carbons (Fsp3) is 0.632. The van der Waals surface area contributed by atoms with E-state index in [0.29, 0.717) is 49.9 Å². The number of carbonyl (C=O) groups is 2. The van der Waals surface area contributed by atoms with Crippen molar-refractivity contribution < 1.29 is 37.3 Å². The minimum atomic E-state index is -1.53. The highest BCUT2D eigenvalue weighted by molar-refractivity contribution is 5.91. The van der Waals surface area contributed by atoms with Gasteiger partial charge in [-0.15, -0.1) is 0 Å². The maximum Gasteiger partial charge on any atom is 0.343 e. The standard InChI is InChI=1S/C38H54F2O6/c1-3-5-7-8-9-10-11-12-13-14-26-43-36-25-18-30(27-35(36)40)37(41)45-33-23-21-31(22-24-33)44-28-29-16-19-32(20-17-29)46-38(42)34(39)15-6-4-2/h18,21-25,27,29,32,34H,3-17,19-20,26,28H2,1-2H3/t29-,32-,34-/m0/s1. The molecule has 0 N–H and O–H groups in total. The highest BCUT2D eigenvalue weighted by atomic mass is 19.1. The maximum absolute atomic E-state index is 14.6. The molecule has 0 radical (unpaired) electrons. The van der Waals surface area contributed by atoms with Crippen LogP contribution in [0.15, 0.2) is 42.5 Å². The molecule has 1 atom stereocenters. The Morgan fingerprint density at radius 3 is 2.00 bits per heavy atom. The van der Waals surface area contributed by atoms with E-state index in [-0.39, 0.29) is 23.8 Å². The summed E-state index contributed by atoms with van der Waals surface area (Å²) in [5, 5.41) is 0. The van der Waals surface area contributed by atoms with Gasteiger partial charge in [-0.25, -0.2) is 18.4 Å². The zero-order valence-corrected chi connectivity index (χ0v) is 27.9. The Labute approximate surface area is 274 Å². The van der Waals surface area contributed by atoms with Gasteiger partial charge in [-0.05, 0) is 86.9 Å². The minimum Gasteiger partial charge on any atom is -0.493 e. The molecule has 46 heavy (non-hydrogen) atoms. The highest BCUT2D eigenvalue weighted by Gasteiger charge is 2.27. The summed E-state index contributed by atoms with van der Waals surface area (Å²) in [6.45, 7) is 5.15. The molecule has 3 rings (SSSR count). The van der Waals surface area contributed by atoms with Crippen molar-refractivity contribution in [2.45, 2.75) is 135 Å². The Morgan fingerprint density at radius 2 is 1.37 bits per heavy atom. The van der Waals surface area contributed by atoms with Crippen LogP contribution >= 0.6 is 0 Å². The summed E-state index contributed by atoms with van der Waals surface area (Å²) in [6.07, 6.45) is 15.2. The molecule has 0 heterocycles. The van der Waals surface area contributed by atoms with Gasteiger partial charge in [-0.2, -0.15) is 0 Å². The van der Waals surface area contributed by atoms with Crippen LogP contribution in [-0.2, 0) is 9.53 Å². The van der Waals surface area contributed by atoms with Crippen molar-refractivity contribution in [2.75, 3.05) is 13.2 Å². The molecule has 1 aliphatic carbocycles. The molecule has 0 aliphatic heterocycles. The van der Waals surface area contributed by atoms with Gasteiger partial charge < -0.3 is 18.9 Å². The molecule has 2 aromatic rings. The highest BCUT2D eigenvalue weighted by Crippen LogP contribution is 2.28. The first-order chi connectivity index (χ1) is 22.4. The molecule has 0 unspecified atom stereocenters. The topological polar surface area (TPSA) is 71.1 Å². The van der Waals surface area contributed by atoms with E-state index in [2.05, 4.69) is 6.92 Å². The smallest absolute Gasteiger partial charge is 0.343 e. The summed E-state index contributed by atoms with van der Waals surface area (Å²) < 4.78 is 50.8. The van der Waals surface area contributed by atoms with Crippen LogP contribution in [0.2, 0.25) is 0 Å². The number of halogens is 2. The first kappa shape index (κ1) is 37.3. The van der Waals surface area contributed by atoms with E-state index in [1.807, 2.05) is 6.92 Å². The number of benzene rings is 2. The fourth-order valence-electron chi connectivity index (χ4n) is 5.66. The van der Waals surface area contributed by atoms with E-state index >= 15 is 0 Å². The second kappa shape index (κ2) is 21.6. The predicted molar refractivity (Wildman–Crippen MR) is 177 cm³/mol. The number of hydrogen-bond acceptors (Lipinski definition) is 6. The molecule has 1 saturated carbocycles. The lowest BCUT2D eigenvalue weighted by Gasteiger charge is -2.28. The Morgan fingerprint density at radius 1 is 0.761 bits per heavy atom. The third-order valence-electron chi connectivity index (χ3n) is 8.59. The lowest BCUT2D eigenvalue weighted by molar-refractivity contribution is -0.157. The molecule has 0 amide bonds. The lowest BCUT2D eigenvalue weighted by atomic mass is 9.88. The van der Waals surface area contributed by atoms with Gasteiger partial charge in [0.05, 0.1) is 18.8 Å². The largest absolute Gasteiger partial charge is 0.493 e. The molecular formula is C38H54F2O6. The fourth-order valence-corrected chi connectivity index (χ4v) is 5.66. The van der Waals surface area contributed by atoms with Crippen LogP contribution in [0.25, 0.3) is 0 Å². The summed E-state index contributed by atoms with van der Waals surface area (Å²) >= 11 is 0. The van der Waals surface area contributed by atoms with Crippen molar-refractivity contribution in [3.8, 4) is 17.2 Å². The summed E-state index contributed by atoms with van der Waals surface area (Å²) in [5.41, 5.74) is 0.105. The van der Waals surface area contributed by atoms with Crippen LogP contribution in [0.4, 0.5) is 8.78 Å². The van der Waals surface area contributed by atoms with Gasteiger partial charge in [0.2, 0.25) is 0 Å². The van der Waals surface area contributed by atoms with Gasteiger partial charge in [0.25, 0.3) is 0 Å². The van der Waals surface area contributed by atoms with E-state index in [1.54, 1.807) is 24.3 Å². The Kier molecular flexibility index (Phi) is 17.5. The quantitative estimate of drug-likeness (QED) is 0.0722. The summed E-state index contributed by atoms with van der Waals surface area (Å²) in [5.74, 6) is -0.567. The van der Waals surface area contributed by atoms with Gasteiger partial charge in [-0.1, -0.05) is 84.5 Å². The molecule has 2 aromatic carbocycles. The van der Waals surface area contributed by atoms with E-state index in [0.717, 1.165) is 38.2 Å². The Hall–Kier alpha value is -3.16. The molecule has 8 heteroatoms. The number of carbonyl (C=O) groups excluding carboxylic acids is 2. The van der Waals surface area contributed by atoms with Crippen LogP contribution in [0.3, 0.4) is 0 Å². The summed E-state index contributed by atoms with van der Waals surface area (Å²) in [6, 6.07) is 10.8. The van der Waals surface area contributed by atoms with Crippen LogP contribution in [0.5, 0.6) is 17.2 Å². The first-order valence-electron chi connectivity index (χ1n) is 17.6. The molecule has 6 nitrogen and oxygen atoms in total. The zero-order chi connectivity index (χ0) is 33.0. The third-order valence-corrected chi connectivity index (χ3v) is 8.59. The van der Waals surface area contributed by atoms with Gasteiger partial charge >= 0.3 is 11.9 Å². The van der Waals surface area contributed by atoms with Crippen molar-refractivity contribution in [1.29, 1.82) is 0 Å². The van der Waals surface area contributed by atoms with Crippen LogP contribution in [0.1, 0.15) is 133 Å². The van der Waals surface area contributed by atoms with E-state index in [4.69, 9.17) is 18.9 Å². The van der Waals surface area contributed by atoms with Gasteiger partial charge in [0.1, 0.15) is 17.6 Å². The second-order valence-electron chi connectivity index (χ2n) is 12.5. The SMILES string of the molecule is CCCCCCCCCCCCOc1ccc(C(=O)Oc2ccc(OC[C@H]3CC[C@H](OC(=O)[C@@H](F)CCCC)CC3)cc2)cc1F. The molecule has 0 spiro atoms. The summed E-state index contributed by atoms with van der Waals surface area (Å²) in [7, 11) is 0. The van der Waals surface area contributed by atoms with Gasteiger partial charge in [-0.3, -0.25) is 0 Å². The molecule has 1 fully saturated rings. The number of ether oxygens (including phenoxy) is 4. The zero-order valence-electron chi connectivity index (χ0n) is 27.9. The van der Waals surface area contributed by atoms with Crippen molar-refractivity contribution in [3.05, 3.63) is 53.8 Å². The molecule has 256 valence electrons. The molecule has 0 aromatic heterocycles. The number of unbranched alkanes of at least 4 members (excludes halogenated alkanes) is 10. The number of hydrogen-bond donors (Lipinski definition) is 0. The lowest BCUT2D eigenvalue weighted by Crippen LogP contribution is -2.30.